The first-order chi connectivity index (χ1) is 38.2. The van der Waals surface area contributed by atoms with Gasteiger partial charge in [-0.15, -0.1) is 0 Å². The van der Waals surface area contributed by atoms with Gasteiger partial charge in [-0.25, -0.2) is 43.6 Å². The third-order valence-electron chi connectivity index (χ3n) is 11.9. The molecule has 1 fully saturated rings. The summed E-state index contributed by atoms with van der Waals surface area (Å²) in [6.45, 7) is 13.7. The van der Waals surface area contributed by atoms with Crippen molar-refractivity contribution in [3.8, 4) is 17.6 Å². The van der Waals surface area contributed by atoms with Gasteiger partial charge < -0.3 is 33.2 Å². The summed E-state index contributed by atoms with van der Waals surface area (Å²) in [6.07, 6.45) is 7.85. The molecule has 3 heterocycles. The SMILES string of the molecule is C=CC(=O)OCCOC(=O)c1ccccc1C(=O)Oc1c2c(c(OC(=O)c3ccccc3C(=O)OCCOC(=O)C=C)c3c1SC(=C1C(=O)N(CCCC)N(CCCC)C1=O)S3)SC(=C(C#N)C(=O)OCC(CC)CCCC)S2. The van der Waals surface area contributed by atoms with Crippen LogP contribution in [0.1, 0.15) is 120 Å². The van der Waals surface area contributed by atoms with Crippen molar-refractivity contribution >= 4 is 101 Å². The molecule has 2 amide bonds. The van der Waals surface area contributed by atoms with Gasteiger partial charge in [0.05, 0.1) is 56.9 Å². The smallest absolute Gasteiger partial charge is 0.350 e. The van der Waals surface area contributed by atoms with E-state index in [-0.39, 0.29) is 119 Å². The number of esters is 7. The highest BCUT2D eigenvalue weighted by Crippen LogP contribution is 2.69. The lowest BCUT2D eigenvalue weighted by Crippen LogP contribution is -2.42. The van der Waals surface area contributed by atoms with Crippen LogP contribution in [0.4, 0.5) is 0 Å². The normalized spacial score (nSPS) is 13.7. The predicted octanol–water partition coefficient (Wildman–Crippen LogP) is 10.2. The Labute approximate surface area is 473 Å². The topological polar surface area (TPSA) is 249 Å². The van der Waals surface area contributed by atoms with E-state index in [1.807, 2.05) is 33.8 Å². The third-order valence-corrected chi connectivity index (χ3v) is 17.1. The molecule has 0 bridgehead atoms. The molecule has 0 aromatic heterocycles. The number of nitriles is 1. The number of nitrogens with zero attached hydrogens (tertiary/aromatic N) is 3. The number of carbonyl (C=O) groups excluding carboxylic acids is 9. The molecular formula is C56H57N3O16S4. The van der Waals surface area contributed by atoms with Gasteiger partial charge in [0.1, 0.15) is 38.1 Å². The van der Waals surface area contributed by atoms with Gasteiger partial charge in [-0.1, -0.05) is 144 Å². The maximum absolute atomic E-state index is 14.7. The number of unbranched alkanes of at least 4 members (excludes halogenated alkanes) is 3. The highest BCUT2D eigenvalue weighted by Gasteiger charge is 2.47. The Morgan fingerprint density at radius 1 is 0.582 bits per heavy atom. The minimum Gasteiger partial charge on any atom is -0.461 e. The summed E-state index contributed by atoms with van der Waals surface area (Å²) in [5.74, 6) is -8.10. The van der Waals surface area contributed by atoms with Crippen LogP contribution in [-0.2, 0) is 47.7 Å². The maximum atomic E-state index is 14.7. The van der Waals surface area contributed by atoms with Crippen molar-refractivity contribution in [2.45, 2.75) is 98.6 Å². The number of ether oxygens (including phenoxy) is 7. The maximum Gasteiger partial charge on any atom is 0.350 e. The van der Waals surface area contributed by atoms with E-state index < -0.39 is 59.2 Å². The highest BCUT2D eigenvalue weighted by atomic mass is 32.2. The van der Waals surface area contributed by atoms with Crippen molar-refractivity contribution < 1.29 is 76.3 Å². The monoisotopic (exact) mass is 1160 g/mol. The van der Waals surface area contributed by atoms with Crippen molar-refractivity contribution in [3.63, 3.8) is 0 Å². The zero-order valence-corrected chi connectivity index (χ0v) is 47.1. The molecule has 0 spiro atoms. The van der Waals surface area contributed by atoms with Crippen LogP contribution in [0.3, 0.4) is 0 Å². The van der Waals surface area contributed by atoms with Gasteiger partial charge >= 0.3 is 41.8 Å². The van der Waals surface area contributed by atoms with Crippen LogP contribution < -0.4 is 9.47 Å². The highest BCUT2D eigenvalue weighted by molar-refractivity contribution is 8.26. The number of carbonyl (C=O) groups is 9. The average Bonchev–Trinajstić information content (AvgIpc) is 4.38. The van der Waals surface area contributed by atoms with Gasteiger partial charge in [-0.2, -0.15) is 5.26 Å². The molecule has 0 saturated carbocycles. The van der Waals surface area contributed by atoms with Crippen LogP contribution in [0.2, 0.25) is 0 Å². The number of fused-ring (bicyclic) bond motifs is 2. The molecule has 1 unspecified atom stereocenters. The van der Waals surface area contributed by atoms with E-state index in [1.165, 1.54) is 58.5 Å². The minimum absolute atomic E-state index is 0.0216. The molecule has 3 aromatic carbocycles. The standard InChI is InChI=1S/C56H57N3O16S4/c1-7-13-20-33(10-4)32-73-52(66)38(31-57)55-76-44-42(74-53(67)36-23-18-16-21-34(36)50(64)71-29-27-69-39(60)11-5)46-47(79-56(78-46)41-48(62)58(25-14-8-2)59(49(41)63)26-15-9-3)43(45(44)77-55)75-54(68)37-24-19-17-22-35(37)51(65)72-30-28-70-40(61)12-6/h11-12,16-19,21-24,33H,5-10,13-15,20,25-30,32H2,1-4H3. The Balaban J connectivity index is 1.52. The van der Waals surface area contributed by atoms with Gasteiger partial charge in [-0.3, -0.25) is 9.59 Å². The molecule has 1 saturated heterocycles. The Kier molecular flexibility index (Phi) is 22.9. The Bertz CT molecular complexity index is 2870. The summed E-state index contributed by atoms with van der Waals surface area (Å²) < 4.78 is 39.0. The summed E-state index contributed by atoms with van der Waals surface area (Å²) in [7, 11) is 0. The fourth-order valence-electron chi connectivity index (χ4n) is 7.73. The third kappa shape index (κ3) is 14.9. The van der Waals surface area contributed by atoms with Gasteiger partial charge in [0, 0.05) is 25.2 Å². The number of benzene rings is 3. The van der Waals surface area contributed by atoms with Crippen molar-refractivity contribution in [1.29, 1.82) is 5.26 Å². The van der Waals surface area contributed by atoms with Crippen LogP contribution in [0.25, 0.3) is 0 Å². The molecule has 3 aromatic rings. The van der Waals surface area contributed by atoms with Crippen LogP contribution in [0.15, 0.2) is 113 Å². The lowest BCUT2D eigenvalue weighted by Gasteiger charge is -2.27. The summed E-state index contributed by atoms with van der Waals surface area (Å²) in [5.41, 5.74) is -1.61. The lowest BCUT2D eigenvalue weighted by molar-refractivity contribution is -0.147. The molecule has 1 atom stereocenters. The van der Waals surface area contributed by atoms with Crippen LogP contribution in [0.5, 0.6) is 11.5 Å². The van der Waals surface area contributed by atoms with Gasteiger partial charge in [0.15, 0.2) is 17.1 Å². The van der Waals surface area contributed by atoms with Gasteiger partial charge in [-0.05, 0) is 49.4 Å². The quantitative estimate of drug-likeness (QED) is 0.0131. The van der Waals surface area contributed by atoms with Gasteiger partial charge in [0.25, 0.3) is 11.8 Å². The number of hydrazine groups is 1. The number of amides is 2. The van der Waals surface area contributed by atoms with E-state index in [9.17, 15) is 48.4 Å². The first-order valence-corrected chi connectivity index (χ1v) is 28.6. The molecular weight excluding hydrogens is 1100 g/mol. The lowest BCUT2D eigenvalue weighted by atomic mass is 10.0. The molecule has 416 valence electrons. The molecule has 6 rings (SSSR count). The Morgan fingerprint density at radius 3 is 1.38 bits per heavy atom. The van der Waals surface area contributed by atoms with Crippen molar-refractivity contribution in [2.75, 3.05) is 46.1 Å². The van der Waals surface area contributed by atoms with E-state index >= 15 is 0 Å². The first kappa shape index (κ1) is 61.0. The molecule has 23 heteroatoms. The Hall–Kier alpha value is -7.26. The van der Waals surface area contributed by atoms with Crippen molar-refractivity contribution in [3.05, 3.63) is 116 Å². The second-order valence-electron chi connectivity index (χ2n) is 17.3. The van der Waals surface area contributed by atoms with E-state index in [0.29, 0.717) is 19.3 Å². The first-order valence-electron chi connectivity index (χ1n) is 25.4. The molecule has 19 nitrogen and oxygen atoms in total. The summed E-state index contributed by atoms with van der Waals surface area (Å²) in [5, 5.41) is 13.4. The minimum atomic E-state index is -1.09. The molecule has 3 aliphatic heterocycles. The molecule has 79 heavy (non-hydrogen) atoms. The zero-order chi connectivity index (χ0) is 57.2. The zero-order valence-electron chi connectivity index (χ0n) is 43.9. The van der Waals surface area contributed by atoms with Crippen LogP contribution in [-0.4, -0.2) is 110 Å². The predicted molar refractivity (Wildman–Crippen MR) is 293 cm³/mol. The van der Waals surface area contributed by atoms with Crippen LogP contribution >= 0.6 is 47.0 Å². The summed E-state index contributed by atoms with van der Waals surface area (Å²) in [4.78, 5) is 123. The average molecular weight is 1160 g/mol. The second kappa shape index (κ2) is 29.6. The van der Waals surface area contributed by atoms with Crippen molar-refractivity contribution in [1.82, 2.24) is 10.0 Å². The number of hydrogen-bond acceptors (Lipinski definition) is 21. The summed E-state index contributed by atoms with van der Waals surface area (Å²) in [6, 6.07) is 13.1. The number of hydrogen-bond donors (Lipinski definition) is 0. The van der Waals surface area contributed by atoms with E-state index in [0.717, 1.165) is 91.3 Å². The molecule has 0 N–H and O–H groups in total. The second-order valence-corrected chi connectivity index (χ2v) is 21.9. The largest absolute Gasteiger partial charge is 0.461 e. The van der Waals surface area contributed by atoms with E-state index in [1.54, 1.807) is 0 Å². The number of thioether (sulfide) groups is 4. The van der Waals surface area contributed by atoms with Gasteiger partial charge in [0.2, 0.25) is 0 Å². The Morgan fingerprint density at radius 2 is 0.987 bits per heavy atom. The number of rotatable bonds is 27. The fraction of sp³-hybridized carbons (Fsp3) is 0.357. The van der Waals surface area contributed by atoms with E-state index in [4.69, 9.17) is 33.2 Å². The summed E-state index contributed by atoms with van der Waals surface area (Å²) >= 11 is 3.42. The van der Waals surface area contributed by atoms with Crippen LogP contribution in [0, 0.1) is 17.2 Å². The fourth-order valence-corrected chi connectivity index (χ4v) is 13.1. The van der Waals surface area contributed by atoms with Crippen molar-refractivity contribution in [2.24, 2.45) is 5.92 Å². The van der Waals surface area contributed by atoms with E-state index in [2.05, 4.69) is 13.2 Å². The molecule has 3 aliphatic rings. The molecule has 0 radical (unpaired) electrons. The molecule has 0 aliphatic carbocycles.